The Morgan fingerprint density at radius 2 is 2.05 bits per heavy atom. The number of aromatic nitrogens is 2. The maximum absolute atomic E-state index is 12.1. The molecule has 1 aromatic carbocycles. The number of amides is 1. The van der Waals surface area contributed by atoms with E-state index < -0.39 is 0 Å². The molecule has 0 aliphatic carbocycles. The summed E-state index contributed by atoms with van der Waals surface area (Å²) in [7, 11) is 2.96. The highest BCUT2D eigenvalue weighted by atomic mass is 35.5. The molecule has 0 spiro atoms. The molecule has 0 radical (unpaired) electrons. The van der Waals surface area contributed by atoms with Gasteiger partial charge in [0.25, 0.3) is 5.91 Å². The van der Waals surface area contributed by atoms with Gasteiger partial charge >= 0.3 is 0 Å². The fourth-order valence-corrected chi connectivity index (χ4v) is 2.21. The molecule has 5 nitrogen and oxygen atoms in total. The molecule has 0 atom stereocenters. The Hall–Kier alpha value is -1.85. The van der Waals surface area contributed by atoms with E-state index in [0.29, 0.717) is 23.0 Å². The largest absolute Gasteiger partial charge is 0.282 e. The van der Waals surface area contributed by atoms with E-state index >= 15 is 0 Å². The number of hydroxylamine groups is 2. The predicted octanol–water partition coefficient (Wildman–Crippen LogP) is 2.53. The molecule has 0 aliphatic rings. The Balaban J connectivity index is 2.32. The van der Waals surface area contributed by atoms with E-state index in [-0.39, 0.29) is 5.91 Å². The molecular formula is C14H16ClN3O2. The third kappa shape index (κ3) is 2.84. The summed E-state index contributed by atoms with van der Waals surface area (Å²) in [5.41, 5.74) is 2.02. The molecule has 106 valence electrons. The van der Waals surface area contributed by atoms with Crippen molar-refractivity contribution in [1.29, 1.82) is 0 Å². The molecule has 0 saturated heterocycles. The van der Waals surface area contributed by atoms with Crippen LogP contribution in [-0.4, -0.2) is 34.9 Å². The summed E-state index contributed by atoms with van der Waals surface area (Å²) < 4.78 is 1.61. The van der Waals surface area contributed by atoms with Gasteiger partial charge in [0.1, 0.15) is 10.7 Å². The maximum atomic E-state index is 12.1. The van der Waals surface area contributed by atoms with Crippen molar-refractivity contribution < 1.29 is 9.63 Å². The predicted molar refractivity (Wildman–Crippen MR) is 76.6 cm³/mol. The molecule has 2 rings (SSSR count). The van der Waals surface area contributed by atoms with Crippen molar-refractivity contribution in [2.24, 2.45) is 0 Å². The Bertz CT molecular complexity index is 610. The summed E-state index contributed by atoms with van der Waals surface area (Å²) in [5, 5.41) is 5.77. The van der Waals surface area contributed by atoms with Crippen molar-refractivity contribution in [3.63, 3.8) is 0 Å². The second-order valence-electron chi connectivity index (χ2n) is 4.38. The monoisotopic (exact) mass is 293 g/mol. The van der Waals surface area contributed by atoms with Gasteiger partial charge in [-0.3, -0.25) is 9.63 Å². The lowest BCUT2D eigenvalue weighted by molar-refractivity contribution is -0.0757. The van der Waals surface area contributed by atoms with E-state index in [0.717, 1.165) is 10.6 Å². The topological polar surface area (TPSA) is 47.4 Å². The van der Waals surface area contributed by atoms with Crippen LogP contribution in [0.1, 0.15) is 21.6 Å². The standard InChI is InChI=1S/C14H16ClN3O2/c1-10-12(14(19)17(2)20-3)13(15)18(16-10)9-11-7-5-4-6-8-11/h4-8H,9H2,1-3H3. The molecule has 0 bridgehead atoms. The molecule has 2 aromatic rings. The van der Waals surface area contributed by atoms with E-state index in [2.05, 4.69) is 5.10 Å². The Labute approximate surface area is 122 Å². The minimum atomic E-state index is -0.311. The molecule has 6 heteroatoms. The highest BCUT2D eigenvalue weighted by Crippen LogP contribution is 2.22. The van der Waals surface area contributed by atoms with Crippen molar-refractivity contribution in [1.82, 2.24) is 14.8 Å². The third-order valence-electron chi connectivity index (χ3n) is 3.01. The van der Waals surface area contributed by atoms with E-state index in [9.17, 15) is 4.79 Å². The summed E-state index contributed by atoms with van der Waals surface area (Å²) in [5.74, 6) is -0.311. The van der Waals surface area contributed by atoms with E-state index in [4.69, 9.17) is 16.4 Å². The van der Waals surface area contributed by atoms with Gasteiger partial charge in [-0.15, -0.1) is 0 Å². The van der Waals surface area contributed by atoms with Crippen LogP contribution in [0.5, 0.6) is 0 Å². The van der Waals surface area contributed by atoms with Crippen LogP contribution in [0.2, 0.25) is 5.15 Å². The quantitative estimate of drug-likeness (QED) is 0.814. The van der Waals surface area contributed by atoms with Gasteiger partial charge in [-0.2, -0.15) is 5.10 Å². The second-order valence-corrected chi connectivity index (χ2v) is 4.74. The van der Waals surface area contributed by atoms with Gasteiger partial charge in [0.15, 0.2) is 0 Å². The van der Waals surface area contributed by atoms with Crippen molar-refractivity contribution in [3.05, 3.63) is 52.3 Å². The number of benzene rings is 1. The van der Waals surface area contributed by atoms with Gasteiger partial charge in [-0.25, -0.2) is 9.75 Å². The zero-order valence-corrected chi connectivity index (χ0v) is 12.4. The van der Waals surface area contributed by atoms with Gasteiger partial charge in [-0.05, 0) is 12.5 Å². The SMILES string of the molecule is CON(C)C(=O)c1c(C)nn(Cc2ccccc2)c1Cl. The van der Waals surface area contributed by atoms with Crippen molar-refractivity contribution in [3.8, 4) is 0 Å². The average molecular weight is 294 g/mol. The number of aryl methyl sites for hydroxylation is 1. The van der Waals surface area contributed by atoms with Gasteiger partial charge in [-0.1, -0.05) is 41.9 Å². The first-order valence-corrected chi connectivity index (χ1v) is 6.51. The van der Waals surface area contributed by atoms with Gasteiger partial charge in [0.05, 0.1) is 19.3 Å². The molecule has 0 saturated carbocycles. The van der Waals surface area contributed by atoms with Crippen LogP contribution in [0.25, 0.3) is 0 Å². The molecule has 0 N–H and O–H groups in total. The zero-order valence-electron chi connectivity index (χ0n) is 11.6. The number of hydrogen-bond acceptors (Lipinski definition) is 3. The maximum Gasteiger partial charge on any atom is 0.282 e. The lowest BCUT2D eigenvalue weighted by Crippen LogP contribution is -2.26. The Morgan fingerprint density at radius 3 is 2.65 bits per heavy atom. The number of carbonyl (C=O) groups excluding carboxylic acids is 1. The summed E-state index contributed by atoms with van der Waals surface area (Å²) in [4.78, 5) is 17.0. The van der Waals surface area contributed by atoms with Crippen LogP contribution in [-0.2, 0) is 11.4 Å². The zero-order chi connectivity index (χ0) is 14.7. The Morgan fingerprint density at radius 1 is 1.40 bits per heavy atom. The fraction of sp³-hybridized carbons (Fsp3) is 0.286. The van der Waals surface area contributed by atoms with Crippen LogP contribution in [0.3, 0.4) is 0 Å². The minimum Gasteiger partial charge on any atom is -0.274 e. The first kappa shape index (κ1) is 14.6. The summed E-state index contributed by atoms with van der Waals surface area (Å²) in [6, 6.07) is 9.81. The van der Waals surface area contributed by atoms with Crippen molar-refractivity contribution >= 4 is 17.5 Å². The number of rotatable bonds is 4. The normalized spacial score (nSPS) is 10.6. The molecule has 1 heterocycles. The average Bonchev–Trinajstić information content (AvgIpc) is 2.73. The molecular weight excluding hydrogens is 278 g/mol. The smallest absolute Gasteiger partial charge is 0.274 e. The van der Waals surface area contributed by atoms with Gasteiger partial charge < -0.3 is 0 Å². The van der Waals surface area contributed by atoms with Crippen molar-refractivity contribution in [2.45, 2.75) is 13.5 Å². The highest BCUT2D eigenvalue weighted by Gasteiger charge is 2.23. The number of nitrogens with zero attached hydrogens (tertiary/aromatic N) is 3. The summed E-state index contributed by atoms with van der Waals surface area (Å²) >= 11 is 6.27. The molecule has 0 unspecified atom stereocenters. The summed E-state index contributed by atoms with van der Waals surface area (Å²) in [6.07, 6.45) is 0. The first-order chi connectivity index (χ1) is 9.54. The first-order valence-electron chi connectivity index (χ1n) is 6.13. The number of hydrogen-bond donors (Lipinski definition) is 0. The molecule has 0 aliphatic heterocycles. The lowest BCUT2D eigenvalue weighted by Gasteiger charge is -2.13. The molecule has 1 amide bonds. The Kier molecular flexibility index (Phi) is 4.42. The third-order valence-corrected chi connectivity index (χ3v) is 3.40. The molecule has 1 aromatic heterocycles. The molecule has 0 fully saturated rings. The highest BCUT2D eigenvalue weighted by molar-refractivity contribution is 6.33. The fourth-order valence-electron chi connectivity index (χ4n) is 1.90. The minimum absolute atomic E-state index is 0.311. The van der Waals surface area contributed by atoms with Crippen LogP contribution in [0, 0.1) is 6.92 Å². The van der Waals surface area contributed by atoms with Gasteiger partial charge in [0, 0.05) is 7.05 Å². The van der Waals surface area contributed by atoms with Crippen LogP contribution in [0.15, 0.2) is 30.3 Å². The van der Waals surface area contributed by atoms with E-state index in [1.807, 2.05) is 30.3 Å². The van der Waals surface area contributed by atoms with Crippen molar-refractivity contribution in [2.75, 3.05) is 14.2 Å². The summed E-state index contributed by atoms with van der Waals surface area (Å²) in [6.45, 7) is 2.27. The van der Waals surface area contributed by atoms with E-state index in [1.165, 1.54) is 14.2 Å². The van der Waals surface area contributed by atoms with Crippen LogP contribution >= 0.6 is 11.6 Å². The second kappa shape index (κ2) is 6.07. The van der Waals surface area contributed by atoms with E-state index in [1.54, 1.807) is 11.6 Å². The molecule has 20 heavy (non-hydrogen) atoms. The van der Waals surface area contributed by atoms with Crippen LogP contribution in [0.4, 0.5) is 0 Å². The van der Waals surface area contributed by atoms with Gasteiger partial charge in [0.2, 0.25) is 0 Å². The lowest BCUT2D eigenvalue weighted by atomic mass is 10.2. The van der Waals surface area contributed by atoms with Crippen LogP contribution < -0.4 is 0 Å². The number of carbonyl (C=O) groups is 1. The number of halogens is 1.